The zero-order chi connectivity index (χ0) is 21.5. The summed E-state index contributed by atoms with van der Waals surface area (Å²) in [5.74, 6) is 3.47. The Morgan fingerprint density at radius 3 is 2.50 bits per heavy atom. The second kappa shape index (κ2) is 7.60. The number of halogens is 5. The van der Waals surface area contributed by atoms with Crippen molar-refractivity contribution >= 4 is 23.2 Å². The fourth-order valence-corrected chi connectivity index (χ4v) is 3.57. The first-order chi connectivity index (χ1) is 14.2. The quantitative estimate of drug-likeness (QED) is 0.527. The van der Waals surface area contributed by atoms with Gasteiger partial charge in [0, 0.05) is 22.2 Å². The van der Waals surface area contributed by atoms with Gasteiger partial charge in [0.1, 0.15) is 5.82 Å². The second-order valence-corrected chi connectivity index (χ2v) is 7.78. The Hall–Kier alpha value is -2.56. The van der Waals surface area contributed by atoms with Crippen LogP contribution >= 0.6 is 11.6 Å². The van der Waals surface area contributed by atoms with Crippen molar-refractivity contribution in [1.82, 2.24) is 0 Å². The highest BCUT2D eigenvalue weighted by Crippen LogP contribution is 2.50. The van der Waals surface area contributed by atoms with Gasteiger partial charge in [-0.15, -0.1) is 0 Å². The number of alkyl halides is 3. The number of fused-ring (bicyclic) bond motifs is 1. The van der Waals surface area contributed by atoms with Crippen molar-refractivity contribution in [2.45, 2.75) is 37.1 Å². The van der Waals surface area contributed by atoms with E-state index >= 15 is 0 Å². The molecular formula is C22H16ClF4NO2. The minimum atomic E-state index is -4.92. The van der Waals surface area contributed by atoms with E-state index in [4.69, 9.17) is 16.3 Å². The highest BCUT2D eigenvalue weighted by atomic mass is 35.5. The van der Waals surface area contributed by atoms with Crippen LogP contribution in [0.1, 0.15) is 24.0 Å². The van der Waals surface area contributed by atoms with Crippen LogP contribution in [0, 0.1) is 23.6 Å². The summed E-state index contributed by atoms with van der Waals surface area (Å²) in [7, 11) is 0. The minimum absolute atomic E-state index is 0.00606. The average molecular weight is 438 g/mol. The molecule has 0 bridgehead atoms. The monoisotopic (exact) mass is 437 g/mol. The number of amides is 1. The topological polar surface area (TPSA) is 38.3 Å². The average Bonchev–Trinajstić information content (AvgIpc) is 3.50. The number of carbonyl (C=O) groups is 1. The molecule has 2 atom stereocenters. The molecule has 4 rings (SSSR count). The molecule has 1 aliphatic carbocycles. The molecule has 8 heteroatoms. The van der Waals surface area contributed by atoms with Gasteiger partial charge in [-0.2, -0.15) is 13.2 Å². The zero-order valence-corrected chi connectivity index (χ0v) is 16.3. The lowest BCUT2D eigenvalue weighted by molar-refractivity contribution is -0.208. The van der Waals surface area contributed by atoms with Crippen molar-refractivity contribution in [1.29, 1.82) is 0 Å². The van der Waals surface area contributed by atoms with Gasteiger partial charge in [0.25, 0.3) is 5.91 Å². The van der Waals surface area contributed by atoms with Crippen molar-refractivity contribution in [3.8, 4) is 11.8 Å². The summed E-state index contributed by atoms with van der Waals surface area (Å²) in [5.41, 5.74) is -2.71. The molecule has 2 aromatic rings. The van der Waals surface area contributed by atoms with Gasteiger partial charge < -0.3 is 10.1 Å². The smallest absolute Gasteiger partial charge is 0.361 e. The van der Waals surface area contributed by atoms with Crippen LogP contribution in [0.4, 0.5) is 23.2 Å². The first-order valence-corrected chi connectivity index (χ1v) is 9.65. The maximum atomic E-state index is 14.6. The summed E-state index contributed by atoms with van der Waals surface area (Å²) in [6.45, 7) is -0.322. The number of rotatable bonds is 3. The lowest BCUT2D eigenvalue weighted by atomic mass is 9.71. The number of ether oxygens (including phenoxy) is 1. The van der Waals surface area contributed by atoms with Gasteiger partial charge in [0.15, 0.2) is 11.5 Å². The van der Waals surface area contributed by atoms with Crippen LogP contribution in [-0.4, -0.2) is 18.2 Å². The van der Waals surface area contributed by atoms with Crippen LogP contribution in [-0.2, 0) is 21.6 Å². The summed E-state index contributed by atoms with van der Waals surface area (Å²) in [5, 5.41) is 2.55. The maximum Gasteiger partial charge on any atom is 0.412 e. The predicted molar refractivity (Wildman–Crippen MR) is 103 cm³/mol. The summed E-state index contributed by atoms with van der Waals surface area (Å²) in [4.78, 5) is 12.7. The van der Waals surface area contributed by atoms with Gasteiger partial charge in [-0.25, -0.2) is 4.39 Å². The van der Waals surface area contributed by atoms with Crippen molar-refractivity contribution in [2.24, 2.45) is 5.92 Å². The van der Waals surface area contributed by atoms with E-state index in [1.165, 1.54) is 42.5 Å². The lowest BCUT2D eigenvalue weighted by Crippen LogP contribution is -2.59. The van der Waals surface area contributed by atoms with Gasteiger partial charge in [-0.1, -0.05) is 35.6 Å². The van der Waals surface area contributed by atoms with Gasteiger partial charge >= 0.3 is 6.18 Å². The molecule has 0 saturated heterocycles. The highest BCUT2D eigenvalue weighted by Gasteiger charge is 2.65. The van der Waals surface area contributed by atoms with Crippen molar-refractivity contribution < 1.29 is 27.1 Å². The van der Waals surface area contributed by atoms with Crippen LogP contribution in [0.3, 0.4) is 0 Å². The maximum absolute atomic E-state index is 14.6. The molecule has 1 amide bonds. The molecule has 0 aromatic heterocycles. The summed E-state index contributed by atoms with van der Waals surface area (Å²) >= 11 is 6.00. The van der Waals surface area contributed by atoms with E-state index in [1.54, 1.807) is 0 Å². The van der Waals surface area contributed by atoms with E-state index in [-0.39, 0.29) is 28.8 Å². The fourth-order valence-electron chi connectivity index (χ4n) is 3.40. The van der Waals surface area contributed by atoms with Crippen LogP contribution in [0.5, 0.6) is 0 Å². The van der Waals surface area contributed by atoms with E-state index in [0.29, 0.717) is 5.56 Å². The van der Waals surface area contributed by atoms with Crippen molar-refractivity contribution in [3.63, 3.8) is 0 Å². The molecule has 1 fully saturated rings. The molecule has 1 N–H and O–H groups in total. The molecule has 0 radical (unpaired) electrons. The lowest BCUT2D eigenvalue weighted by Gasteiger charge is -2.41. The predicted octanol–water partition coefficient (Wildman–Crippen LogP) is 5.23. The first kappa shape index (κ1) is 20.7. The van der Waals surface area contributed by atoms with Gasteiger partial charge in [0.2, 0.25) is 0 Å². The van der Waals surface area contributed by atoms with E-state index in [0.717, 1.165) is 12.8 Å². The third kappa shape index (κ3) is 3.78. The minimum Gasteiger partial charge on any atom is -0.361 e. The standard InChI is InChI=1S/C22H16ClF4NO2/c23-15-5-8-18-17(11-15)21(22(25,26)27,10-9-13-1-2-13)19(20(29)28-18)30-12-14-3-6-16(24)7-4-14/h3-8,11,13,19H,1-2,12H2,(H,28,29)/t19-,21+/m0/s1. The van der Waals surface area contributed by atoms with E-state index < -0.39 is 29.4 Å². The number of carbonyl (C=O) groups excluding carboxylic acids is 1. The Bertz CT molecular complexity index is 1040. The molecule has 0 spiro atoms. The normalized spacial score (nSPS) is 23.2. The van der Waals surface area contributed by atoms with E-state index in [2.05, 4.69) is 17.2 Å². The number of benzene rings is 2. The number of hydrogen-bond donors (Lipinski definition) is 1. The summed E-state index contributed by atoms with van der Waals surface area (Å²) in [6, 6.07) is 8.98. The fraction of sp³-hybridized carbons (Fsp3) is 0.318. The third-order valence-corrected chi connectivity index (χ3v) is 5.36. The Morgan fingerprint density at radius 2 is 1.87 bits per heavy atom. The molecule has 0 unspecified atom stereocenters. The molecular weight excluding hydrogens is 422 g/mol. The van der Waals surface area contributed by atoms with Crippen LogP contribution in [0.15, 0.2) is 42.5 Å². The molecule has 1 heterocycles. The molecule has 1 aliphatic heterocycles. The summed E-state index contributed by atoms with van der Waals surface area (Å²) in [6.07, 6.45) is -5.44. The first-order valence-electron chi connectivity index (χ1n) is 9.27. The van der Waals surface area contributed by atoms with Crippen molar-refractivity contribution in [3.05, 3.63) is 64.4 Å². The number of nitrogens with one attached hydrogen (secondary N) is 1. The van der Waals surface area contributed by atoms with E-state index in [9.17, 15) is 22.4 Å². The molecule has 3 nitrogen and oxygen atoms in total. The van der Waals surface area contributed by atoms with Crippen LogP contribution in [0.2, 0.25) is 5.02 Å². The van der Waals surface area contributed by atoms with Crippen LogP contribution in [0.25, 0.3) is 0 Å². The van der Waals surface area contributed by atoms with Gasteiger partial charge in [-0.05, 0) is 48.7 Å². The third-order valence-electron chi connectivity index (χ3n) is 5.12. The SMILES string of the molecule is O=C1Nc2ccc(Cl)cc2[C@@](C#CC2CC2)(C(F)(F)F)[C@H]1OCc1ccc(F)cc1. The van der Waals surface area contributed by atoms with E-state index in [1.807, 2.05) is 0 Å². The molecule has 156 valence electrons. The van der Waals surface area contributed by atoms with Crippen LogP contribution < -0.4 is 5.32 Å². The number of hydrogen-bond acceptors (Lipinski definition) is 2. The molecule has 1 saturated carbocycles. The molecule has 30 heavy (non-hydrogen) atoms. The largest absolute Gasteiger partial charge is 0.412 e. The Morgan fingerprint density at radius 1 is 1.17 bits per heavy atom. The van der Waals surface area contributed by atoms with Crippen molar-refractivity contribution in [2.75, 3.05) is 5.32 Å². The second-order valence-electron chi connectivity index (χ2n) is 7.35. The van der Waals surface area contributed by atoms with Gasteiger partial charge in [0.05, 0.1) is 6.61 Å². The Labute approximate surface area is 175 Å². The number of anilines is 1. The zero-order valence-electron chi connectivity index (χ0n) is 15.5. The molecule has 2 aliphatic rings. The molecule has 2 aromatic carbocycles. The Balaban J connectivity index is 1.82. The Kier molecular flexibility index (Phi) is 5.25. The van der Waals surface area contributed by atoms with Gasteiger partial charge in [-0.3, -0.25) is 4.79 Å². The summed E-state index contributed by atoms with van der Waals surface area (Å²) < 4.78 is 62.5. The highest BCUT2D eigenvalue weighted by molar-refractivity contribution is 6.30.